The normalized spacial score (nSPS) is 21.5. The van der Waals surface area contributed by atoms with Gasteiger partial charge in [0.15, 0.2) is 9.84 Å². The van der Waals surface area contributed by atoms with Crippen LogP contribution in [-0.2, 0) is 21.1 Å². The second-order valence-corrected chi connectivity index (χ2v) is 9.95. The molecule has 172 valence electrons. The van der Waals surface area contributed by atoms with Crippen molar-refractivity contribution in [1.82, 2.24) is 5.32 Å². The lowest BCUT2D eigenvalue weighted by molar-refractivity contribution is -0.151. The van der Waals surface area contributed by atoms with Crippen LogP contribution in [0.1, 0.15) is 25.3 Å². The zero-order valence-electron chi connectivity index (χ0n) is 17.4. The van der Waals surface area contributed by atoms with Gasteiger partial charge in [0.05, 0.1) is 23.2 Å². The van der Waals surface area contributed by atoms with E-state index in [4.69, 9.17) is 0 Å². The summed E-state index contributed by atoms with van der Waals surface area (Å²) in [6.07, 6.45) is 2.05. The molecule has 0 radical (unpaired) electrons. The maximum absolute atomic E-state index is 13.7. The summed E-state index contributed by atoms with van der Waals surface area (Å²) in [5, 5.41) is 12.1. The van der Waals surface area contributed by atoms with E-state index >= 15 is 0 Å². The van der Waals surface area contributed by atoms with E-state index in [2.05, 4.69) is 5.32 Å². The number of sulfone groups is 1. The van der Waals surface area contributed by atoms with Crippen molar-refractivity contribution in [3.05, 3.63) is 77.1 Å². The van der Waals surface area contributed by atoms with Crippen LogP contribution in [0.25, 0.3) is 0 Å². The minimum Gasteiger partial charge on any atom is -0.389 e. The third-order valence-corrected chi connectivity index (χ3v) is 7.09. The van der Waals surface area contributed by atoms with Gasteiger partial charge in [-0.3, -0.25) is 4.79 Å². The van der Waals surface area contributed by atoms with E-state index in [0.29, 0.717) is 11.1 Å². The van der Waals surface area contributed by atoms with Crippen molar-refractivity contribution in [2.24, 2.45) is 5.92 Å². The molecule has 0 saturated carbocycles. The van der Waals surface area contributed by atoms with E-state index in [1.807, 2.05) is 0 Å². The molecule has 2 N–H and O–H groups in total. The minimum absolute atomic E-state index is 0.0376. The molecule has 32 heavy (non-hydrogen) atoms. The van der Waals surface area contributed by atoms with Crippen molar-refractivity contribution >= 4 is 15.7 Å². The summed E-state index contributed by atoms with van der Waals surface area (Å²) in [5.74, 6) is -2.39. The first-order chi connectivity index (χ1) is 15.0. The highest BCUT2D eigenvalue weighted by Gasteiger charge is 2.42. The number of carbonyl (C=O) groups is 1. The molecular weight excluding hydrogens is 443 g/mol. The summed E-state index contributed by atoms with van der Waals surface area (Å²) >= 11 is 0. The summed E-state index contributed by atoms with van der Waals surface area (Å²) in [6, 6.07) is 5.87. The van der Waals surface area contributed by atoms with Gasteiger partial charge >= 0.3 is 6.18 Å². The van der Waals surface area contributed by atoms with Crippen molar-refractivity contribution in [3.63, 3.8) is 0 Å². The molecule has 2 atom stereocenters. The Bertz CT molecular complexity index is 1100. The Morgan fingerprint density at radius 2 is 1.88 bits per heavy atom. The van der Waals surface area contributed by atoms with Crippen LogP contribution >= 0.6 is 0 Å². The zero-order valence-corrected chi connectivity index (χ0v) is 18.2. The van der Waals surface area contributed by atoms with Crippen LogP contribution in [0.15, 0.2) is 76.4 Å². The largest absolute Gasteiger partial charge is 0.399 e. The Morgan fingerprint density at radius 1 is 1.19 bits per heavy atom. The van der Waals surface area contributed by atoms with E-state index in [1.54, 1.807) is 6.08 Å². The Kier molecular flexibility index (Phi) is 7.09. The molecule has 1 amide bonds. The van der Waals surface area contributed by atoms with Gasteiger partial charge in [0, 0.05) is 12.1 Å². The Labute approximate surface area is 184 Å². The Hall–Kier alpha value is -2.65. The Morgan fingerprint density at radius 3 is 2.44 bits per heavy atom. The summed E-state index contributed by atoms with van der Waals surface area (Å²) in [5.41, 5.74) is 1.23. The molecule has 5 nitrogen and oxygen atoms in total. The molecule has 0 heterocycles. The number of alkyl halides is 3. The maximum Gasteiger partial charge on any atom is 0.399 e. The molecular formula is C23H24F3NO4S. The lowest BCUT2D eigenvalue weighted by Crippen LogP contribution is -2.31. The monoisotopic (exact) mass is 467 g/mol. The van der Waals surface area contributed by atoms with Crippen LogP contribution in [0.5, 0.6) is 0 Å². The standard InChI is InChI=1S/C23H24F3NO4S/c1-2-32(30,31)19-10-3-15(4-11-19)13-22(29)27-17-7-12-20(21(14-17)23(24,25)26)16-5-8-18(28)9-6-16/h3-6,8,10-12,14,18,21,28H,2,7,9,13H2,1H3,(H,27,29). The Balaban J connectivity index is 1.70. The van der Waals surface area contributed by atoms with Crippen molar-refractivity contribution < 1.29 is 31.5 Å². The minimum atomic E-state index is -4.53. The molecule has 2 aliphatic rings. The first-order valence-corrected chi connectivity index (χ1v) is 11.8. The highest BCUT2D eigenvalue weighted by molar-refractivity contribution is 7.91. The molecule has 2 unspecified atom stereocenters. The molecule has 1 aromatic rings. The summed E-state index contributed by atoms with van der Waals surface area (Å²) in [4.78, 5) is 12.5. The van der Waals surface area contributed by atoms with E-state index in [1.165, 1.54) is 49.4 Å². The predicted octanol–water partition coefficient (Wildman–Crippen LogP) is 3.78. The van der Waals surface area contributed by atoms with Gasteiger partial charge in [0.2, 0.25) is 5.91 Å². The maximum atomic E-state index is 13.7. The molecule has 0 fully saturated rings. The van der Waals surface area contributed by atoms with Crippen LogP contribution < -0.4 is 5.32 Å². The summed E-state index contributed by atoms with van der Waals surface area (Å²) in [7, 11) is -3.35. The van der Waals surface area contributed by atoms with Crippen LogP contribution in [0.3, 0.4) is 0 Å². The molecule has 3 rings (SSSR count). The van der Waals surface area contributed by atoms with E-state index < -0.39 is 33.9 Å². The molecule has 0 spiro atoms. The number of carbonyl (C=O) groups excluding carboxylic acids is 1. The van der Waals surface area contributed by atoms with Crippen LogP contribution in [0, 0.1) is 5.92 Å². The molecule has 0 aliphatic heterocycles. The van der Waals surface area contributed by atoms with Crippen molar-refractivity contribution in [2.45, 2.75) is 43.4 Å². The average molecular weight is 468 g/mol. The number of nitrogens with one attached hydrogen (secondary N) is 1. The number of aliphatic hydroxyl groups excluding tert-OH is 1. The lowest BCUT2D eigenvalue weighted by atomic mass is 9.84. The number of benzene rings is 1. The van der Waals surface area contributed by atoms with Crippen LogP contribution in [-0.4, -0.2) is 37.5 Å². The number of rotatable bonds is 6. The number of hydrogen-bond acceptors (Lipinski definition) is 4. The number of aliphatic hydroxyl groups is 1. The quantitative estimate of drug-likeness (QED) is 0.667. The highest BCUT2D eigenvalue weighted by Crippen LogP contribution is 2.40. The number of amides is 1. The number of hydrogen-bond donors (Lipinski definition) is 2. The summed E-state index contributed by atoms with van der Waals surface area (Å²) in [6.45, 7) is 1.53. The third kappa shape index (κ3) is 5.77. The van der Waals surface area contributed by atoms with Gasteiger partial charge in [-0.25, -0.2) is 8.42 Å². The fourth-order valence-corrected chi connectivity index (χ4v) is 4.46. The first kappa shape index (κ1) is 24.0. The van der Waals surface area contributed by atoms with E-state index in [0.717, 1.165) is 6.08 Å². The van der Waals surface area contributed by atoms with Crippen molar-refractivity contribution in [1.29, 1.82) is 0 Å². The van der Waals surface area contributed by atoms with Gasteiger partial charge in [-0.05, 0) is 41.3 Å². The average Bonchev–Trinajstić information content (AvgIpc) is 2.74. The summed E-state index contributed by atoms with van der Waals surface area (Å²) < 4.78 is 64.8. The fourth-order valence-electron chi connectivity index (χ4n) is 3.58. The third-order valence-electron chi connectivity index (χ3n) is 5.34. The SMILES string of the molecule is CCS(=O)(=O)c1ccc(CC(=O)NC2=CC(C(F)(F)F)C(C3=CCC(O)C=C3)=CC2)cc1. The first-order valence-electron chi connectivity index (χ1n) is 10.2. The fraction of sp³-hybridized carbons (Fsp3) is 0.348. The van der Waals surface area contributed by atoms with Gasteiger partial charge in [0.1, 0.15) is 5.92 Å². The topological polar surface area (TPSA) is 83.5 Å². The molecule has 1 aromatic carbocycles. The van der Waals surface area contributed by atoms with Gasteiger partial charge in [-0.1, -0.05) is 43.4 Å². The smallest absolute Gasteiger partial charge is 0.389 e. The highest BCUT2D eigenvalue weighted by atomic mass is 32.2. The predicted molar refractivity (Wildman–Crippen MR) is 114 cm³/mol. The van der Waals surface area contributed by atoms with Crippen LogP contribution in [0.4, 0.5) is 13.2 Å². The second-order valence-electron chi connectivity index (χ2n) is 7.67. The molecule has 9 heteroatoms. The van der Waals surface area contributed by atoms with Gasteiger partial charge in [0.25, 0.3) is 0 Å². The van der Waals surface area contributed by atoms with E-state index in [-0.39, 0.29) is 41.2 Å². The van der Waals surface area contributed by atoms with E-state index in [9.17, 15) is 31.5 Å². The molecule has 2 aliphatic carbocycles. The lowest BCUT2D eigenvalue weighted by Gasteiger charge is -2.27. The van der Waals surface area contributed by atoms with Gasteiger partial charge < -0.3 is 10.4 Å². The molecule has 0 aromatic heterocycles. The van der Waals surface area contributed by atoms with Crippen molar-refractivity contribution in [3.8, 4) is 0 Å². The van der Waals surface area contributed by atoms with Crippen molar-refractivity contribution in [2.75, 3.05) is 5.75 Å². The van der Waals surface area contributed by atoms with Gasteiger partial charge in [-0.15, -0.1) is 0 Å². The number of allylic oxidation sites excluding steroid dienone is 5. The molecule has 0 bridgehead atoms. The molecule has 0 saturated heterocycles. The van der Waals surface area contributed by atoms with Crippen LogP contribution in [0.2, 0.25) is 0 Å². The zero-order chi connectivity index (χ0) is 23.5. The second kappa shape index (κ2) is 9.46. The van der Waals surface area contributed by atoms with Gasteiger partial charge in [-0.2, -0.15) is 13.2 Å². The number of halogens is 3.